The van der Waals surface area contributed by atoms with Crippen LogP contribution in [0.4, 0.5) is 0 Å². The van der Waals surface area contributed by atoms with E-state index >= 15 is 0 Å². The summed E-state index contributed by atoms with van der Waals surface area (Å²) in [5.74, 6) is 0.0456. The molecule has 0 radical (unpaired) electrons. The van der Waals surface area contributed by atoms with Crippen molar-refractivity contribution in [3.05, 3.63) is 18.0 Å². The molecule has 0 bridgehead atoms. The van der Waals surface area contributed by atoms with Crippen molar-refractivity contribution in [3.63, 3.8) is 0 Å². The first-order valence-electron chi connectivity index (χ1n) is 4.44. The number of carbonyl (C=O) groups excluding carboxylic acids is 1. The summed E-state index contributed by atoms with van der Waals surface area (Å²) >= 11 is 0. The van der Waals surface area contributed by atoms with E-state index in [1.165, 1.54) is 6.92 Å². The maximum atomic E-state index is 11.0. The lowest BCUT2D eigenvalue weighted by Crippen LogP contribution is -2.07. The van der Waals surface area contributed by atoms with Gasteiger partial charge >= 0.3 is 0 Å². The summed E-state index contributed by atoms with van der Waals surface area (Å²) < 4.78 is 7.15. The highest BCUT2D eigenvalue weighted by atomic mass is 16.5. The first-order valence-corrected chi connectivity index (χ1v) is 4.44. The van der Waals surface area contributed by atoms with Gasteiger partial charge in [0.25, 0.3) is 0 Å². The second-order valence-electron chi connectivity index (χ2n) is 3.23. The molecule has 1 saturated heterocycles. The summed E-state index contributed by atoms with van der Waals surface area (Å²) in [6.07, 6.45) is 5.43. The molecule has 1 unspecified atom stereocenters. The van der Waals surface area contributed by atoms with Crippen LogP contribution in [-0.4, -0.2) is 22.2 Å². The number of nitrogens with zero attached hydrogens (tertiary/aromatic N) is 2. The Morgan fingerprint density at radius 2 is 2.62 bits per heavy atom. The Balaban J connectivity index is 2.16. The predicted molar refractivity (Wildman–Crippen MR) is 46.5 cm³/mol. The number of carbonyl (C=O) groups is 1. The quantitative estimate of drug-likeness (QED) is 0.646. The smallest absolute Gasteiger partial charge is 0.162 e. The summed E-state index contributed by atoms with van der Waals surface area (Å²) in [5, 5.41) is 4.09. The summed E-state index contributed by atoms with van der Waals surface area (Å²) in [7, 11) is 0. The molecule has 0 aliphatic carbocycles. The van der Waals surface area contributed by atoms with E-state index in [-0.39, 0.29) is 12.0 Å². The maximum absolute atomic E-state index is 11.0. The van der Waals surface area contributed by atoms with Crippen LogP contribution in [0, 0.1) is 0 Å². The molecule has 1 atom stereocenters. The van der Waals surface area contributed by atoms with Gasteiger partial charge in [0.15, 0.2) is 5.78 Å². The first-order chi connectivity index (χ1) is 6.27. The first kappa shape index (κ1) is 8.44. The average molecular weight is 180 g/mol. The Bertz CT molecular complexity index is 313. The van der Waals surface area contributed by atoms with Gasteiger partial charge in [0, 0.05) is 12.8 Å². The molecule has 1 fully saturated rings. The molecule has 0 spiro atoms. The minimum atomic E-state index is 0.0353. The van der Waals surface area contributed by atoms with Crippen LogP contribution in [0.5, 0.6) is 0 Å². The molecule has 1 aliphatic heterocycles. The van der Waals surface area contributed by atoms with Crippen LogP contribution in [-0.2, 0) is 4.74 Å². The summed E-state index contributed by atoms with van der Waals surface area (Å²) in [4.78, 5) is 11.0. The lowest BCUT2D eigenvalue weighted by Gasteiger charge is -2.08. The van der Waals surface area contributed by atoms with E-state index in [1.807, 2.05) is 0 Å². The number of hydrogen-bond donors (Lipinski definition) is 0. The lowest BCUT2D eigenvalue weighted by atomic mass is 10.3. The fourth-order valence-corrected chi connectivity index (χ4v) is 1.45. The van der Waals surface area contributed by atoms with Crippen molar-refractivity contribution >= 4 is 5.78 Å². The molecular weight excluding hydrogens is 168 g/mol. The third-order valence-corrected chi connectivity index (χ3v) is 2.21. The zero-order chi connectivity index (χ0) is 9.26. The van der Waals surface area contributed by atoms with E-state index < -0.39 is 0 Å². The van der Waals surface area contributed by atoms with Gasteiger partial charge in [-0.15, -0.1) is 0 Å². The average Bonchev–Trinajstić information content (AvgIpc) is 2.75. The topological polar surface area (TPSA) is 44.1 Å². The molecule has 1 aliphatic rings. The zero-order valence-corrected chi connectivity index (χ0v) is 7.56. The van der Waals surface area contributed by atoms with Crippen molar-refractivity contribution in [1.82, 2.24) is 9.78 Å². The standard InChI is InChI=1S/C9H12N2O2/c1-7(12)8-5-10-11(6-8)9-3-2-4-13-9/h5-6,9H,2-4H2,1H3. The molecule has 0 N–H and O–H groups in total. The molecule has 4 nitrogen and oxygen atoms in total. The van der Waals surface area contributed by atoms with Crippen LogP contribution in [0.1, 0.15) is 36.4 Å². The van der Waals surface area contributed by atoms with Gasteiger partial charge < -0.3 is 4.74 Å². The second kappa shape index (κ2) is 3.30. The molecule has 2 heterocycles. The SMILES string of the molecule is CC(=O)c1cnn(C2CCCO2)c1. The van der Waals surface area contributed by atoms with Gasteiger partial charge in [0.05, 0.1) is 11.8 Å². The largest absolute Gasteiger partial charge is 0.357 e. The number of aromatic nitrogens is 2. The van der Waals surface area contributed by atoms with Gasteiger partial charge in [-0.25, -0.2) is 4.68 Å². The summed E-state index contributed by atoms with van der Waals surface area (Å²) in [5.41, 5.74) is 0.649. The minimum absolute atomic E-state index is 0.0353. The molecule has 0 amide bonds. The fourth-order valence-electron chi connectivity index (χ4n) is 1.45. The van der Waals surface area contributed by atoms with Crippen molar-refractivity contribution in [2.45, 2.75) is 26.0 Å². The molecule has 0 saturated carbocycles. The Morgan fingerprint density at radius 3 is 3.15 bits per heavy atom. The zero-order valence-electron chi connectivity index (χ0n) is 7.56. The van der Waals surface area contributed by atoms with E-state index in [2.05, 4.69) is 5.10 Å². The van der Waals surface area contributed by atoms with E-state index in [0.717, 1.165) is 19.4 Å². The Kier molecular flexibility index (Phi) is 2.14. The van der Waals surface area contributed by atoms with Gasteiger partial charge in [0.2, 0.25) is 0 Å². The molecule has 4 heteroatoms. The van der Waals surface area contributed by atoms with Crippen molar-refractivity contribution in [3.8, 4) is 0 Å². The third kappa shape index (κ3) is 1.62. The Morgan fingerprint density at radius 1 is 1.77 bits per heavy atom. The molecule has 1 aromatic heterocycles. The molecule has 0 aromatic carbocycles. The molecular formula is C9H12N2O2. The van der Waals surface area contributed by atoms with E-state index in [9.17, 15) is 4.79 Å². The highest BCUT2D eigenvalue weighted by Gasteiger charge is 2.18. The molecule has 70 valence electrons. The van der Waals surface area contributed by atoms with Gasteiger partial charge in [0.1, 0.15) is 6.23 Å². The predicted octanol–water partition coefficient (Wildman–Crippen LogP) is 1.39. The van der Waals surface area contributed by atoms with Crippen LogP contribution in [0.3, 0.4) is 0 Å². The summed E-state index contributed by atoms with van der Waals surface area (Å²) in [6.45, 7) is 2.33. The molecule has 1 aromatic rings. The fraction of sp³-hybridized carbons (Fsp3) is 0.556. The van der Waals surface area contributed by atoms with Crippen molar-refractivity contribution in [2.24, 2.45) is 0 Å². The number of hydrogen-bond acceptors (Lipinski definition) is 3. The van der Waals surface area contributed by atoms with E-state index in [4.69, 9.17) is 4.74 Å². The highest BCUT2D eigenvalue weighted by Crippen LogP contribution is 2.21. The van der Waals surface area contributed by atoms with Gasteiger partial charge in [-0.05, 0) is 19.8 Å². The number of Topliss-reactive ketones (excluding diaryl/α,β-unsaturated/α-hetero) is 1. The summed E-state index contributed by atoms with van der Waals surface area (Å²) in [6, 6.07) is 0. The van der Waals surface area contributed by atoms with Gasteiger partial charge in [-0.3, -0.25) is 4.79 Å². The van der Waals surface area contributed by atoms with Crippen molar-refractivity contribution < 1.29 is 9.53 Å². The van der Waals surface area contributed by atoms with Crippen LogP contribution in [0.2, 0.25) is 0 Å². The highest BCUT2D eigenvalue weighted by molar-refractivity contribution is 5.93. The number of ketones is 1. The Hall–Kier alpha value is -1.16. The van der Waals surface area contributed by atoms with E-state index in [0.29, 0.717) is 5.56 Å². The number of ether oxygens (including phenoxy) is 1. The van der Waals surface area contributed by atoms with Gasteiger partial charge in [-0.1, -0.05) is 0 Å². The maximum Gasteiger partial charge on any atom is 0.162 e. The van der Waals surface area contributed by atoms with Crippen LogP contribution >= 0.6 is 0 Å². The van der Waals surface area contributed by atoms with Crippen LogP contribution in [0.25, 0.3) is 0 Å². The van der Waals surface area contributed by atoms with Crippen molar-refractivity contribution in [1.29, 1.82) is 0 Å². The second-order valence-corrected chi connectivity index (χ2v) is 3.23. The monoisotopic (exact) mass is 180 g/mol. The Labute approximate surface area is 76.5 Å². The lowest BCUT2D eigenvalue weighted by molar-refractivity contribution is 0.0467. The number of rotatable bonds is 2. The van der Waals surface area contributed by atoms with Crippen LogP contribution < -0.4 is 0 Å². The molecule has 2 rings (SSSR count). The van der Waals surface area contributed by atoms with Gasteiger partial charge in [-0.2, -0.15) is 5.10 Å². The molecule has 13 heavy (non-hydrogen) atoms. The van der Waals surface area contributed by atoms with Crippen molar-refractivity contribution in [2.75, 3.05) is 6.61 Å². The van der Waals surface area contributed by atoms with Crippen LogP contribution in [0.15, 0.2) is 12.4 Å². The minimum Gasteiger partial charge on any atom is -0.357 e. The normalized spacial score (nSPS) is 22.1. The van der Waals surface area contributed by atoms with E-state index in [1.54, 1.807) is 17.1 Å². The third-order valence-electron chi connectivity index (χ3n) is 2.21.